The average molecular weight is 290 g/mol. The molecule has 3 rings (SSSR count). The number of aromatic nitrogens is 1. The zero-order chi connectivity index (χ0) is 14.8. The van der Waals surface area contributed by atoms with E-state index < -0.39 is 5.97 Å². The van der Waals surface area contributed by atoms with Crippen LogP contribution in [0.4, 0.5) is 5.82 Å². The molecule has 1 aromatic heterocycles. The molecule has 1 heterocycles. The van der Waals surface area contributed by atoms with Gasteiger partial charge in [0.2, 0.25) is 0 Å². The second-order valence-electron chi connectivity index (χ2n) is 6.01. The normalized spacial score (nSPS) is 24.6. The Morgan fingerprint density at radius 3 is 2.90 bits per heavy atom. The van der Waals surface area contributed by atoms with Crippen molar-refractivity contribution in [1.82, 2.24) is 4.98 Å². The summed E-state index contributed by atoms with van der Waals surface area (Å²) in [5.41, 5.74) is 2.47. The van der Waals surface area contributed by atoms with Crippen molar-refractivity contribution in [3.05, 3.63) is 22.9 Å². The van der Waals surface area contributed by atoms with Gasteiger partial charge in [0.15, 0.2) is 0 Å². The maximum atomic E-state index is 11.5. The third-order valence-corrected chi connectivity index (χ3v) is 4.59. The van der Waals surface area contributed by atoms with Gasteiger partial charge in [-0.15, -0.1) is 0 Å². The molecule has 0 saturated heterocycles. The highest BCUT2D eigenvalue weighted by atomic mass is 16.5. The Bertz CT molecular complexity index is 545. The minimum absolute atomic E-state index is 0.252. The molecule has 0 spiro atoms. The minimum atomic E-state index is -0.903. The summed E-state index contributed by atoms with van der Waals surface area (Å²) in [6.45, 7) is 0. The first-order valence-electron chi connectivity index (χ1n) is 7.73. The van der Waals surface area contributed by atoms with Crippen LogP contribution in [0.2, 0.25) is 0 Å². The summed E-state index contributed by atoms with van der Waals surface area (Å²) in [5, 5.41) is 12.8. The number of aryl methyl sites for hydroxylation is 2. The summed E-state index contributed by atoms with van der Waals surface area (Å²) < 4.78 is 5.37. The number of methoxy groups -OCH3 is 1. The maximum Gasteiger partial charge on any atom is 0.339 e. The van der Waals surface area contributed by atoms with Crippen LogP contribution in [0.25, 0.3) is 0 Å². The van der Waals surface area contributed by atoms with E-state index in [2.05, 4.69) is 10.3 Å². The second kappa shape index (κ2) is 6.02. The number of nitrogens with zero attached hydrogens (tertiary/aromatic N) is 1. The molecule has 0 aromatic carbocycles. The first-order chi connectivity index (χ1) is 10.2. The Kier molecular flexibility index (Phi) is 4.10. The highest BCUT2D eigenvalue weighted by molar-refractivity contribution is 5.93. The average Bonchev–Trinajstić information content (AvgIpc) is 2.94. The van der Waals surface area contributed by atoms with Gasteiger partial charge in [-0.05, 0) is 56.6 Å². The molecule has 2 atom stereocenters. The van der Waals surface area contributed by atoms with Gasteiger partial charge in [0.25, 0.3) is 0 Å². The van der Waals surface area contributed by atoms with Crippen molar-refractivity contribution in [1.29, 1.82) is 0 Å². The van der Waals surface area contributed by atoms with Gasteiger partial charge < -0.3 is 15.2 Å². The fourth-order valence-corrected chi connectivity index (χ4v) is 3.39. The number of hydrogen-bond acceptors (Lipinski definition) is 4. The molecular formula is C16H22N2O3. The number of carboxylic acid groups (broad SMARTS) is 1. The van der Waals surface area contributed by atoms with Crippen molar-refractivity contribution in [2.24, 2.45) is 0 Å². The van der Waals surface area contributed by atoms with Crippen molar-refractivity contribution >= 4 is 11.8 Å². The number of anilines is 1. The fourth-order valence-electron chi connectivity index (χ4n) is 3.39. The molecule has 2 aliphatic rings. The van der Waals surface area contributed by atoms with Crippen molar-refractivity contribution in [3.63, 3.8) is 0 Å². The molecule has 0 aliphatic heterocycles. The Labute approximate surface area is 124 Å². The maximum absolute atomic E-state index is 11.5. The molecule has 114 valence electrons. The highest BCUT2D eigenvalue weighted by Gasteiger charge is 2.27. The number of aromatic carboxylic acids is 1. The molecule has 5 nitrogen and oxygen atoms in total. The Morgan fingerprint density at radius 1 is 1.38 bits per heavy atom. The number of ether oxygens (including phenoxy) is 1. The molecule has 2 N–H and O–H groups in total. The van der Waals surface area contributed by atoms with Crippen LogP contribution in [0.3, 0.4) is 0 Å². The number of rotatable bonds is 4. The number of hydrogen-bond donors (Lipinski definition) is 2. The lowest BCUT2D eigenvalue weighted by Crippen LogP contribution is -2.21. The van der Waals surface area contributed by atoms with Gasteiger partial charge in [-0.2, -0.15) is 0 Å². The largest absolute Gasteiger partial charge is 0.478 e. The molecule has 0 bridgehead atoms. The molecular weight excluding hydrogens is 268 g/mol. The lowest BCUT2D eigenvalue weighted by Gasteiger charge is -2.20. The summed E-state index contributed by atoms with van der Waals surface area (Å²) in [7, 11) is 1.73. The molecule has 1 aromatic rings. The fraction of sp³-hybridized carbons (Fsp3) is 0.625. The van der Waals surface area contributed by atoms with Gasteiger partial charge in [-0.3, -0.25) is 0 Å². The monoisotopic (exact) mass is 290 g/mol. The molecule has 0 radical (unpaired) electrons. The highest BCUT2D eigenvalue weighted by Crippen LogP contribution is 2.28. The first-order valence-corrected chi connectivity index (χ1v) is 7.73. The van der Waals surface area contributed by atoms with Gasteiger partial charge in [0.1, 0.15) is 11.4 Å². The van der Waals surface area contributed by atoms with E-state index >= 15 is 0 Å². The van der Waals surface area contributed by atoms with E-state index in [0.29, 0.717) is 11.4 Å². The lowest BCUT2D eigenvalue weighted by atomic mass is 9.94. The molecule has 5 heteroatoms. The minimum Gasteiger partial charge on any atom is -0.478 e. The van der Waals surface area contributed by atoms with Crippen LogP contribution in [0.15, 0.2) is 6.07 Å². The van der Waals surface area contributed by atoms with E-state index in [4.69, 9.17) is 4.74 Å². The molecule has 2 unspecified atom stereocenters. The van der Waals surface area contributed by atoms with E-state index in [1.807, 2.05) is 6.07 Å². The Morgan fingerprint density at radius 2 is 2.19 bits per heavy atom. The van der Waals surface area contributed by atoms with Crippen molar-refractivity contribution < 1.29 is 14.6 Å². The van der Waals surface area contributed by atoms with Crippen LogP contribution >= 0.6 is 0 Å². The van der Waals surface area contributed by atoms with Crippen molar-refractivity contribution in [3.8, 4) is 0 Å². The van der Waals surface area contributed by atoms with E-state index in [1.54, 1.807) is 7.11 Å². The molecule has 2 aliphatic carbocycles. The van der Waals surface area contributed by atoms with Gasteiger partial charge >= 0.3 is 5.97 Å². The number of fused-ring (bicyclic) bond motifs is 1. The molecule has 21 heavy (non-hydrogen) atoms. The van der Waals surface area contributed by atoms with Gasteiger partial charge in [-0.25, -0.2) is 9.78 Å². The van der Waals surface area contributed by atoms with Crippen LogP contribution in [0.1, 0.15) is 53.7 Å². The SMILES string of the molecule is COC1CCC(Nc2nc3c(cc2C(=O)O)CCCC3)C1. The number of carboxylic acids is 1. The number of carbonyl (C=O) groups is 1. The summed E-state index contributed by atoms with van der Waals surface area (Å²) in [5.74, 6) is -0.371. The van der Waals surface area contributed by atoms with Gasteiger partial charge in [0, 0.05) is 18.8 Å². The van der Waals surface area contributed by atoms with Crippen LogP contribution in [0.5, 0.6) is 0 Å². The summed E-state index contributed by atoms with van der Waals surface area (Å²) in [6, 6.07) is 2.07. The summed E-state index contributed by atoms with van der Waals surface area (Å²) >= 11 is 0. The van der Waals surface area contributed by atoms with Crippen LogP contribution in [0, 0.1) is 0 Å². The van der Waals surface area contributed by atoms with Gasteiger partial charge in [-0.1, -0.05) is 0 Å². The van der Waals surface area contributed by atoms with E-state index in [9.17, 15) is 9.90 Å². The quantitative estimate of drug-likeness (QED) is 0.892. The molecule has 0 amide bonds. The van der Waals surface area contributed by atoms with Crippen molar-refractivity contribution in [2.75, 3.05) is 12.4 Å². The summed E-state index contributed by atoms with van der Waals surface area (Å²) in [4.78, 5) is 16.1. The predicted octanol–water partition coefficient (Wildman–Crippen LogP) is 2.64. The number of pyridine rings is 1. The Balaban J connectivity index is 1.84. The third-order valence-electron chi connectivity index (χ3n) is 4.59. The predicted molar refractivity (Wildman–Crippen MR) is 79.9 cm³/mol. The van der Waals surface area contributed by atoms with Crippen molar-refractivity contribution in [2.45, 2.75) is 57.1 Å². The summed E-state index contributed by atoms with van der Waals surface area (Å²) in [6.07, 6.45) is 7.35. The third kappa shape index (κ3) is 3.02. The van der Waals surface area contributed by atoms with E-state index in [1.165, 1.54) is 0 Å². The molecule has 1 fully saturated rings. The zero-order valence-electron chi connectivity index (χ0n) is 12.4. The number of nitrogens with one attached hydrogen (secondary N) is 1. The topological polar surface area (TPSA) is 71.5 Å². The van der Waals surface area contributed by atoms with Gasteiger partial charge in [0.05, 0.1) is 6.10 Å². The standard InChI is InChI=1S/C16H22N2O3/c1-21-12-7-6-11(9-12)17-15-13(16(19)20)8-10-4-2-3-5-14(10)18-15/h8,11-12H,2-7,9H2,1H3,(H,17,18)(H,19,20). The smallest absolute Gasteiger partial charge is 0.339 e. The first kappa shape index (κ1) is 14.3. The van der Waals surface area contributed by atoms with E-state index in [-0.39, 0.29) is 12.1 Å². The second-order valence-corrected chi connectivity index (χ2v) is 6.01. The van der Waals surface area contributed by atoms with Crippen LogP contribution in [-0.4, -0.2) is 35.3 Å². The molecule has 1 saturated carbocycles. The van der Waals surface area contributed by atoms with E-state index in [0.717, 1.165) is 56.2 Å². The zero-order valence-corrected chi connectivity index (χ0v) is 12.4. The van der Waals surface area contributed by atoms with Crippen LogP contribution < -0.4 is 5.32 Å². The lowest BCUT2D eigenvalue weighted by molar-refractivity contribution is 0.0697. The Hall–Kier alpha value is -1.62. The van der Waals surface area contributed by atoms with Crippen LogP contribution in [-0.2, 0) is 17.6 Å².